The number of nitrogens with zero attached hydrogens (tertiary/aromatic N) is 4. The minimum Gasteiger partial charge on any atom is -0.361 e. The zero-order valence-electron chi connectivity index (χ0n) is 19.2. The average Bonchev–Trinajstić information content (AvgIpc) is 3.18. The van der Waals surface area contributed by atoms with E-state index in [9.17, 15) is 0 Å². The Morgan fingerprint density at radius 2 is 1.97 bits per heavy atom. The van der Waals surface area contributed by atoms with Crippen molar-refractivity contribution in [2.75, 3.05) is 62.6 Å². The third-order valence-corrected chi connectivity index (χ3v) is 7.02. The number of rotatable bonds is 6. The fourth-order valence-electron chi connectivity index (χ4n) is 4.72. The van der Waals surface area contributed by atoms with Crippen LogP contribution in [0.4, 0.5) is 11.5 Å². The van der Waals surface area contributed by atoms with Crippen LogP contribution in [0.3, 0.4) is 0 Å². The van der Waals surface area contributed by atoms with Crippen LogP contribution in [0.5, 0.6) is 0 Å². The third kappa shape index (κ3) is 5.45. The van der Waals surface area contributed by atoms with Gasteiger partial charge in [0.2, 0.25) is 0 Å². The molecule has 1 aromatic heterocycles. The van der Waals surface area contributed by atoms with Gasteiger partial charge in [-0.3, -0.25) is 4.90 Å². The molecule has 2 fully saturated rings. The number of anilines is 2. The quantitative estimate of drug-likeness (QED) is 0.667. The van der Waals surface area contributed by atoms with Crippen molar-refractivity contribution in [3.63, 3.8) is 0 Å². The van der Waals surface area contributed by atoms with E-state index in [0.717, 1.165) is 62.8 Å². The fraction of sp³-hybridized carbons (Fsp3) is 0.583. The van der Waals surface area contributed by atoms with Gasteiger partial charge in [0.15, 0.2) is 5.11 Å². The smallest absolute Gasteiger partial charge is 0.170 e. The second kappa shape index (κ2) is 10.1. The molecule has 0 aliphatic carbocycles. The van der Waals surface area contributed by atoms with Crippen molar-refractivity contribution in [2.24, 2.45) is 0 Å². The molecule has 2 N–H and O–H groups in total. The molecule has 0 saturated carbocycles. The second-order valence-electron chi connectivity index (χ2n) is 8.86. The minimum atomic E-state index is 0.683. The van der Waals surface area contributed by atoms with E-state index in [2.05, 4.69) is 70.4 Å². The Morgan fingerprint density at radius 3 is 2.68 bits per heavy atom. The highest BCUT2D eigenvalue weighted by Crippen LogP contribution is 2.26. The predicted octanol–water partition coefficient (Wildman–Crippen LogP) is 3.46. The Bertz CT molecular complexity index is 908. The van der Waals surface area contributed by atoms with E-state index in [1.165, 1.54) is 30.3 Å². The molecule has 0 radical (unpaired) electrons. The number of thiocarbonyl (C=S) groups is 1. The fourth-order valence-corrected chi connectivity index (χ4v) is 4.94. The van der Waals surface area contributed by atoms with Gasteiger partial charge in [0.1, 0.15) is 5.82 Å². The molecule has 1 aromatic carbocycles. The predicted molar refractivity (Wildman–Crippen MR) is 135 cm³/mol. The first-order chi connectivity index (χ1) is 15.0. The van der Waals surface area contributed by atoms with Gasteiger partial charge in [-0.2, -0.15) is 0 Å². The summed E-state index contributed by atoms with van der Waals surface area (Å²) in [4.78, 5) is 12.4. The number of fused-ring (bicyclic) bond motifs is 1. The standard InChI is InChI=1S/C24H36N6S/c1-4-28-12-14-30(15-13-28)23-16-18(2)21-17-20(7-8-22(21)27-23)26-24(31)25-9-11-29-10-5-6-19(29)3/h7-8,16-17,19H,4-6,9-15H2,1-3H3,(H2,25,26,31). The zero-order chi connectivity index (χ0) is 21.8. The van der Waals surface area contributed by atoms with E-state index in [4.69, 9.17) is 17.2 Å². The van der Waals surface area contributed by atoms with E-state index in [-0.39, 0.29) is 0 Å². The second-order valence-corrected chi connectivity index (χ2v) is 9.27. The third-order valence-electron chi connectivity index (χ3n) is 6.78. The first-order valence-corrected chi connectivity index (χ1v) is 12.1. The molecule has 3 heterocycles. The van der Waals surface area contributed by atoms with Crippen LogP contribution in [0.25, 0.3) is 10.9 Å². The summed E-state index contributed by atoms with van der Waals surface area (Å²) < 4.78 is 0. The molecule has 168 valence electrons. The lowest BCUT2D eigenvalue weighted by atomic mass is 10.1. The number of likely N-dealkylation sites (N-methyl/N-ethyl adjacent to an activating group) is 1. The van der Waals surface area contributed by atoms with E-state index < -0.39 is 0 Å². The van der Waals surface area contributed by atoms with Gasteiger partial charge in [0.25, 0.3) is 0 Å². The first-order valence-electron chi connectivity index (χ1n) is 11.7. The van der Waals surface area contributed by atoms with Crippen LogP contribution in [0.2, 0.25) is 0 Å². The maximum Gasteiger partial charge on any atom is 0.170 e. The van der Waals surface area contributed by atoms with Gasteiger partial charge in [0, 0.05) is 56.4 Å². The van der Waals surface area contributed by atoms with Crippen molar-refractivity contribution >= 4 is 39.7 Å². The molecule has 1 atom stereocenters. The van der Waals surface area contributed by atoms with Gasteiger partial charge >= 0.3 is 0 Å². The molecule has 7 heteroatoms. The van der Waals surface area contributed by atoms with Crippen molar-refractivity contribution in [1.82, 2.24) is 20.1 Å². The molecule has 2 saturated heterocycles. The Labute approximate surface area is 192 Å². The number of piperazine rings is 1. The van der Waals surface area contributed by atoms with Crippen molar-refractivity contribution in [2.45, 2.75) is 39.7 Å². The molecule has 31 heavy (non-hydrogen) atoms. The molecule has 2 aliphatic rings. The van der Waals surface area contributed by atoms with Crippen molar-refractivity contribution in [1.29, 1.82) is 0 Å². The molecule has 4 rings (SSSR count). The molecular weight excluding hydrogens is 404 g/mol. The average molecular weight is 441 g/mol. The number of nitrogens with one attached hydrogen (secondary N) is 2. The molecule has 2 aromatic rings. The molecule has 1 unspecified atom stereocenters. The van der Waals surface area contributed by atoms with E-state index in [1.54, 1.807) is 0 Å². The highest BCUT2D eigenvalue weighted by Gasteiger charge is 2.19. The number of pyridine rings is 1. The van der Waals surface area contributed by atoms with Gasteiger partial charge in [-0.15, -0.1) is 0 Å². The lowest BCUT2D eigenvalue weighted by molar-refractivity contribution is 0.270. The number of benzene rings is 1. The SMILES string of the molecule is CCN1CCN(c2cc(C)c3cc(NC(=S)NCCN4CCCC4C)ccc3n2)CC1. The molecule has 6 nitrogen and oxygen atoms in total. The minimum absolute atomic E-state index is 0.683. The summed E-state index contributed by atoms with van der Waals surface area (Å²) >= 11 is 5.52. The summed E-state index contributed by atoms with van der Waals surface area (Å²) in [5.41, 5.74) is 3.30. The summed E-state index contributed by atoms with van der Waals surface area (Å²) in [5.74, 6) is 1.09. The van der Waals surface area contributed by atoms with Gasteiger partial charge < -0.3 is 20.4 Å². The van der Waals surface area contributed by atoms with Crippen LogP contribution in [-0.2, 0) is 0 Å². The highest BCUT2D eigenvalue weighted by molar-refractivity contribution is 7.80. The first kappa shape index (κ1) is 22.2. The topological polar surface area (TPSA) is 46.7 Å². The van der Waals surface area contributed by atoms with Crippen LogP contribution in [0, 0.1) is 6.92 Å². The molecule has 2 aliphatic heterocycles. The van der Waals surface area contributed by atoms with Crippen molar-refractivity contribution < 1.29 is 0 Å². The largest absolute Gasteiger partial charge is 0.361 e. The normalized spacial score (nSPS) is 20.4. The summed E-state index contributed by atoms with van der Waals surface area (Å²) in [5, 5.41) is 8.56. The Hall–Kier alpha value is -1.96. The number of aromatic nitrogens is 1. The highest BCUT2D eigenvalue weighted by atomic mass is 32.1. The van der Waals surface area contributed by atoms with Crippen molar-refractivity contribution in [3.8, 4) is 0 Å². The lowest BCUT2D eigenvalue weighted by Gasteiger charge is -2.35. The van der Waals surface area contributed by atoms with Gasteiger partial charge in [0.05, 0.1) is 5.52 Å². The van der Waals surface area contributed by atoms with Crippen LogP contribution < -0.4 is 15.5 Å². The number of likely N-dealkylation sites (tertiary alicyclic amines) is 1. The Morgan fingerprint density at radius 1 is 1.16 bits per heavy atom. The van der Waals surface area contributed by atoms with Gasteiger partial charge in [-0.1, -0.05) is 6.92 Å². The number of aryl methyl sites for hydroxylation is 1. The van der Waals surface area contributed by atoms with E-state index in [1.807, 2.05) is 0 Å². The van der Waals surface area contributed by atoms with E-state index in [0.29, 0.717) is 11.2 Å². The summed E-state index contributed by atoms with van der Waals surface area (Å²) in [6.45, 7) is 15.3. The number of hydrogen-bond donors (Lipinski definition) is 2. The van der Waals surface area contributed by atoms with Crippen LogP contribution >= 0.6 is 12.2 Å². The summed E-state index contributed by atoms with van der Waals surface area (Å²) in [6.07, 6.45) is 2.62. The molecule has 0 bridgehead atoms. The maximum atomic E-state index is 5.52. The van der Waals surface area contributed by atoms with Gasteiger partial charge in [-0.25, -0.2) is 4.98 Å². The molecule has 0 amide bonds. The molecule has 0 spiro atoms. The van der Waals surface area contributed by atoms with E-state index >= 15 is 0 Å². The van der Waals surface area contributed by atoms with Crippen molar-refractivity contribution in [3.05, 3.63) is 29.8 Å². The lowest BCUT2D eigenvalue weighted by Crippen LogP contribution is -2.46. The Balaban J connectivity index is 1.36. The van der Waals surface area contributed by atoms with Gasteiger partial charge in [-0.05, 0) is 81.8 Å². The summed E-state index contributed by atoms with van der Waals surface area (Å²) in [7, 11) is 0. The Kier molecular flexibility index (Phi) is 7.25. The van der Waals surface area contributed by atoms with Crippen LogP contribution in [0.1, 0.15) is 32.3 Å². The zero-order valence-corrected chi connectivity index (χ0v) is 20.0. The summed E-state index contributed by atoms with van der Waals surface area (Å²) in [6, 6.07) is 9.25. The number of hydrogen-bond acceptors (Lipinski definition) is 5. The monoisotopic (exact) mass is 440 g/mol. The maximum absolute atomic E-state index is 5.52. The molecular formula is C24H36N6S. The van der Waals surface area contributed by atoms with Crippen LogP contribution in [-0.4, -0.2) is 78.3 Å². The van der Waals surface area contributed by atoms with Crippen LogP contribution in [0.15, 0.2) is 24.3 Å².